The van der Waals surface area contributed by atoms with Crippen molar-refractivity contribution in [3.8, 4) is 5.75 Å². The molecule has 0 saturated carbocycles. The molecule has 0 aliphatic rings. The largest absolute Gasteiger partial charge is 0.488 e. The van der Waals surface area contributed by atoms with E-state index >= 15 is 0 Å². The Hall–Kier alpha value is -1.58. The monoisotopic (exact) mass is 358 g/mol. The second kappa shape index (κ2) is 6.92. The maximum atomic E-state index is 5.85. The summed E-state index contributed by atoms with van der Waals surface area (Å²) in [5.41, 5.74) is 2.57. The van der Waals surface area contributed by atoms with Gasteiger partial charge < -0.3 is 4.74 Å². The average Bonchev–Trinajstić information content (AvgIpc) is 2.95. The molecule has 0 atom stereocenters. The van der Waals surface area contributed by atoms with Crippen LogP contribution in [-0.4, -0.2) is 0 Å². The van der Waals surface area contributed by atoms with E-state index < -0.39 is 0 Å². The minimum atomic E-state index is 0.605. The summed E-state index contributed by atoms with van der Waals surface area (Å²) in [7, 11) is 0. The Labute approximate surface area is 137 Å². The maximum absolute atomic E-state index is 5.85. The molecule has 0 saturated heterocycles. The van der Waals surface area contributed by atoms with Gasteiger partial charge in [-0.1, -0.05) is 42.5 Å². The van der Waals surface area contributed by atoms with Crippen LogP contribution >= 0.6 is 27.3 Å². The fourth-order valence-electron chi connectivity index (χ4n) is 2.11. The van der Waals surface area contributed by atoms with E-state index in [9.17, 15) is 0 Å². The Morgan fingerprint density at radius 1 is 0.905 bits per heavy atom. The van der Waals surface area contributed by atoms with E-state index in [0.29, 0.717) is 6.61 Å². The molecule has 0 bridgehead atoms. The molecule has 0 aliphatic heterocycles. The lowest BCUT2D eigenvalue weighted by molar-refractivity contribution is 0.304. The van der Waals surface area contributed by atoms with Gasteiger partial charge in [0.25, 0.3) is 0 Å². The maximum Gasteiger partial charge on any atom is 0.133 e. The molecule has 0 spiro atoms. The summed E-state index contributed by atoms with van der Waals surface area (Å²) in [6.45, 7) is 0.605. The Morgan fingerprint density at radius 2 is 1.67 bits per heavy atom. The molecule has 0 amide bonds. The molecule has 1 nitrogen and oxygen atoms in total. The number of rotatable bonds is 5. The lowest BCUT2D eigenvalue weighted by atomic mass is 10.1. The summed E-state index contributed by atoms with van der Waals surface area (Å²) in [4.78, 5) is 1.37. The number of benzene rings is 2. The first-order valence-corrected chi connectivity index (χ1v) is 8.46. The molecule has 0 fully saturated rings. The molecule has 3 aromatic rings. The second-order valence-corrected chi connectivity index (χ2v) is 6.65. The van der Waals surface area contributed by atoms with Gasteiger partial charge in [0.05, 0.1) is 4.47 Å². The first-order chi connectivity index (χ1) is 10.3. The van der Waals surface area contributed by atoms with Crippen molar-refractivity contribution < 1.29 is 4.74 Å². The number of para-hydroxylation sites is 1. The van der Waals surface area contributed by atoms with Crippen molar-refractivity contribution in [2.75, 3.05) is 0 Å². The van der Waals surface area contributed by atoms with Crippen LogP contribution in [0.1, 0.15) is 16.0 Å². The van der Waals surface area contributed by atoms with E-state index in [2.05, 4.69) is 57.7 Å². The van der Waals surface area contributed by atoms with Crippen molar-refractivity contribution in [2.24, 2.45) is 0 Å². The highest BCUT2D eigenvalue weighted by atomic mass is 79.9. The Balaban J connectivity index is 1.62. The van der Waals surface area contributed by atoms with Crippen LogP contribution in [-0.2, 0) is 13.0 Å². The summed E-state index contributed by atoms with van der Waals surface area (Å²) >= 11 is 5.29. The minimum absolute atomic E-state index is 0.605. The molecule has 1 aromatic heterocycles. The smallest absolute Gasteiger partial charge is 0.133 e. The molecule has 2 aromatic carbocycles. The zero-order valence-corrected chi connectivity index (χ0v) is 13.9. The van der Waals surface area contributed by atoms with Crippen LogP contribution in [0.2, 0.25) is 0 Å². The molecule has 0 N–H and O–H groups in total. The first kappa shape index (κ1) is 14.4. The van der Waals surface area contributed by atoms with Gasteiger partial charge in [0.15, 0.2) is 0 Å². The van der Waals surface area contributed by atoms with E-state index in [1.54, 1.807) is 11.3 Å². The number of thiophene rings is 1. The van der Waals surface area contributed by atoms with Gasteiger partial charge in [-0.05, 0) is 45.1 Å². The van der Waals surface area contributed by atoms with Crippen molar-refractivity contribution in [1.29, 1.82) is 0 Å². The van der Waals surface area contributed by atoms with E-state index in [4.69, 9.17) is 4.74 Å². The predicted octanol–water partition coefficient (Wildman–Crippen LogP) is 5.68. The number of ether oxygens (including phenoxy) is 1. The van der Waals surface area contributed by atoms with Gasteiger partial charge in [-0.2, -0.15) is 0 Å². The summed E-state index contributed by atoms with van der Waals surface area (Å²) in [5.74, 6) is 0.883. The van der Waals surface area contributed by atoms with Crippen LogP contribution in [0.25, 0.3) is 0 Å². The molecule has 21 heavy (non-hydrogen) atoms. The Bertz CT molecular complexity index is 706. The standard InChI is InChI=1S/C18H15BrOS/c19-17-8-4-5-9-18(17)20-12-15-11-16(21-13-15)10-14-6-2-1-3-7-14/h1-9,11,13H,10,12H2. The van der Waals surface area contributed by atoms with Crippen molar-refractivity contribution in [3.63, 3.8) is 0 Å². The first-order valence-electron chi connectivity index (χ1n) is 6.79. The molecular formula is C18H15BrOS. The summed E-state index contributed by atoms with van der Waals surface area (Å²) in [5, 5.41) is 2.18. The van der Waals surface area contributed by atoms with Gasteiger partial charge in [-0.15, -0.1) is 11.3 Å². The molecule has 106 valence electrons. The summed E-state index contributed by atoms with van der Waals surface area (Å²) < 4.78 is 6.84. The molecule has 3 heteroatoms. The molecule has 0 radical (unpaired) electrons. The van der Waals surface area contributed by atoms with Crippen molar-refractivity contribution in [1.82, 2.24) is 0 Å². The lowest BCUT2D eigenvalue weighted by Crippen LogP contribution is -1.94. The van der Waals surface area contributed by atoms with Crippen molar-refractivity contribution >= 4 is 27.3 Å². The quantitative estimate of drug-likeness (QED) is 0.569. The van der Waals surface area contributed by atoms with E-state index in [1.165, 1.54) is 16.0 Å². The third-order valence-corrected chi connectivity index (χ3v) is 4.80. The topological polar surface area (TPSA) is 9.23 Å². The Kier molecular flexibility index (Phi) is 4.73. The van der Waals surface area contributed by atoms with Gasteiger partial charge >= 0.3 is 0 Å². The average molecular weight is 359 g/mol. The molecule has 3 rings (SSSR count). The van der Waals surface area contributed by atoms with Gasteiger partial charge in [0, 0.05) is 16.9 Å². The van der Waals surface area contributed by atoms with Crippen LogP contribution in [0.3, 0.4) is 0 Å². The van der Waals surface area contributed by atoms with E-state index in [-0.39, 0.29) is 0 Å². The fourth-order valence-corrected chi connectivity index (χ4v) is 3.42. The van der Waals surface area contributed by atoms with Crippen molar-refractivity contribution in [2.45, 2.75) is 13.0 Å². The lowest BCUT2D eigenvalue weighted by Gasteiger charge is -2.06. The summed E-state index contributed by atoms with van der Waals surface area (Å²) in [6, 6.07) is 20.7. The minimum Gasteiger partial charge on any atom is -0.488 e. The van der Waals surface area contributed by atoms with E-state index in [1.807, 2.05) is 24.3 Å². The highest BCUT2D eigenvalue weighted by Crippen LogP contribution is 2.26. The van der Waals surface area contributed by atoms with E-state index in [0.717, 1.165) is 16.6 Å². The number of hydrogen-bond donors (Lipinski definition) is 0. The molecule has 1 heterocycles. The van der Waals surface area contributed by atoms with Gasteiger partial charge in [-0.3, -0.25) is 0 Å². The molecule has 0 unspecified atom stereocenters. The molecular weight excluding hydrogens is 344 g/mol. The highest BCUT2D eigenvalue weighted by Gasteiger charge is 2.04. The second-order valence-electron chi connectivity index (χ2n) is 4.80. The predicted molar refractivity (Wildman–Crippen MR) is 92.0 cm³/mol. The van der Waals surface area contributed by atoms with Gasteiger partial charge in [-0.25, -0.2) is 0 Å². The van der Waals surface area contributed by atoms with Crippen LogP contribution in [0.4, 0.5) is 0 Å². The fraction of sp³-hybridized carbons (Fsp3) is 0.111. The molecule has 0 aliphatic carbocycles. The van der Waals surface area contributed by atoms with Crippen molar-refractivity contribution in [3.05, 3.63) is 86.5 Å². The Morgan fingerprint density at radius 3 is 2.48 bits per heavy atom. The normalized spacial score (nSPS) is 10.5. The SMILES string of the molecule is Brc1ccccc1OCc1csc(Cc2ccccc2)c1. The summed E-state index contributed by atoms with van der Waals surface area (Å²) in [6.07, 6.45) is 0.987. The van der Waals surface area contributed by atoms with Crippen LogP contribution in [0.15, 0.2) is 70.5 Å². The van der Waals surface area contributed by atoms with Crippen LogP contribution in [0.5, 0.6) is 5.75 Å². The van der Waals surface area contributed by atoms with Gasteiger partial charge in [0.2, 0.25) is 0 Å². The van der Waals surface area contributed by atoms with Crippen LogP contribution in [0, 0.1) is 0 Å². The number of halogens is 1. The number of hydrogen-bond acceptors (Lipinski definition) is 2. The zero-order valence-electron chi connectivity index (χ0n) is 11.5. The zero-order chi connectivity index (χ0) is 14.5. The third kappa shape index (κ3) is 3.96. The third-order valence-electron chi connectivity index (χ3n) is 3.16. The highest BCUT2D eigenvalue weighted by molar-refractivity contribution is 9.10. The van der Waals surface area contributed by atoms with Crippen LogP contribution < -0.4 is 4.74 Å². The van der Waals surface area contributed by atoms with Gasteiger partial charge in [0.1, 0.15) is 12.4 Å².